The van der Waals surface area contributed by atoms with E-state index in [0.29, 0.717) is 13.1 Å². The molecule has 5 heteroatoms. The number of amides is 1. The summed E-state index contributed by atoms with van der Waals surface area (Å²) in [5.74, 6) is 0.0418. The van der Waals surface area contributed by atoms with Gasteiger partial charge in [-0.15, -0.1) is 0 Å². The van der Waals surface area contributed by atoms with Crippen LogP contribution >= 0.6 is 0 Å². The van der Waals surface area contributed by atoms with Crippen molar-refractivity contribution < 1.29 is 19.2 Å². The molecule has 5 nitrogen and oxygen atoms in total. The predicted molar refractivity (Wildman–Crippen MR) is 94.2 cm³/mol. The van der Waals surface area contributed by atoms with E-state index in [-0.39, 0.29) is 12.0 Å². The van der Waals surface area contributed by atoms with E-state index in [2.05, 4.69) is 0 Å². The van der Waals surface area contributed by atoms with Gasteiger partial charge in [-0.05, 0) is 26.3 Å². The smallest absolute Gasteiger partial charge is 0.410 e. The molecule has 1 fully saturated rings. The van der Waals surface area contributed by atoms with Gasteiger partial charge < -0.3 is 14.7 Å². The molecule has 1 aliphatic rings. The third kappa shape index (κ3) is 4.17. The van der Waals surface area contributed by atoms with Gasteiger partial charge in [0.05, 0.1) is 6.10 Å². The fraction of sp³-hybridized carbons (Fsp3) is 0.400. The average Bonchev–Trinajstić information content (AvgIpc) is 2.52. The SMILES string of the molecule is CC(C)(C)OC(=O)N1CC(C(O)c2cc[n+](-c3ccccc3)cc2)C1. The number of aliphatic hydroxyl groups excluding tert-OH is 1. The maximum Gasteiger partial charge on any atom is 0.410 e. The monoisotopic (exact) mass is 341 g/mol. The van der Waals surface area contributed by atoms with Gasteiger partial charge in [-0.2, -0.15) is 4.57 Å². The van der Waals surface area contributed by atoms with Crippen LogP contribution in [0.25, 0.3) is 5.69 Å². The molecule has 1 unspecified atom stereocenters. The van der Waals surface area contributed by atoms with Gasteiger partial charge in [0.15, 0.2) is 12.4 Å². The number of aliphatic hydroxyl groups is 1. The van der Waals surface area contributed by atoms with Crippen LogP contribution in [0.15, 0.2) is 54.9 Å². The number of benzene rings is 1. The minimum atomic E-state index is -0.580. The average molecular weight is 341 g/mol. The zero-order valence-corrected chi connectivity index (χ0v) is 14.9. The first-order valence-corrected chi connectivity index (χ1v) is 8.56. The summed E-state index contributed by atoms with van der Waals surface area (Å²) in [6, 6.07) is 13.9. The largest absolute Gasteiger partial charge is 0.444 e. The summed E-state index contributed by atoms with van der Waals surface area (Å²) in [5.41, 5.74) is 1.44. The summed E-state index contributed by atoms with van der Waals surface area (Å²) >= 11 is 0. The van der Waals surface area contributed by atoms with Crippen molar-refractivity contribution in [1.82, 2.24) is 4.90 Å². The second kappa shape index (κ2) is 6.84. The molecule has 0 bridgehead atoms. The Bertz CT molecular complexity index is 717. The number of rotatable bonds is 3. The first kappa shape index (κ1) is 17.4. The van der Waals surface area contributed by atoms with Crippen molar-refractivity contribution in [3.8, 4) is 5.69 Å². The molecule has 1 aliphatic heterocycles. The summed E-state index contributed by atoms with van der Waals surface area (Å²) in [5, 5.41) is 10.5. The van der Waals surface area contributed by atoms with E-state index in [0.717, 1.165) is 11.3 Å². The number of aromatic nitrogens is 1. The number of likely N-dealkylation sites (tertiary alicyclic amines) is 1. The molecule has 25 heavy (non-hydrogen) atoms. The van der Waals surface area contributed by atoms with Gasteiger partial charge in [-0.25, -0.2) is 4.79 Å². The lowest BCUT2D eigenvalue weighted by Crippen LogP contribution is -2.53. The van der Waals surface area contributed by atoms with Crippen molar-refractivity contribution in [2.24, 2.45) is 5.92 Å². The highest BCUT2D eigenvalue weighted by atomic mass is 16.6. The lowest BCUT2D eigenvalue weighted by atomic mass is 9.90. The Morgan fingerprint density at radius 2 is 1.76 bits per heavy atom. The maximum atomic E-state index is 12.0. The van der Waals surface area contributed by atoms with Crippen LogP contribution in [0.5, 0.6) is 0 Å². The van der Waals surface area contributed by atoms with Gasteiger partial charge in [-0.1, -0.05) is 18.2 Å². The van der Waals surface area contributed by atoms with Crippen LogP contribution in [0.2, 0.25) is 0 Å². The molecule has 2 heterocycles. The Kier molecular flexibility index (Phi) is 4.77. The van der Waals surface area contributed by atoms with Gasteiger partial charge in [0.1, 0.15) is 5.60 Å². The predicted octanol–water partition coefficient (Wildman–Crippen LogP) is 2.86. The van der Waals surface area contributed by atoms with E-state index in [4.69, 9.17) is 4.74 Å². The number of para-hydroxylation sites is 1. The molecule has 0 saturated carbocycles. The van der Waals surface area contributed by atoms with Crippen LogP contribution in [0.4, 0.5) is 4.79 Å². The first-order valence-electron chi connectivity index (χ1n) is 8.56. The van der Waals surface area contributed by atoms with Crippen LogP contribution in [0.1, 0.15) is 32.4 Å². The van der Waals surface area contributed by atoms with Crippen molar-refractivity contribution in [3.05, 3.63) is 60.4 Å². The Labute approximate surface area is 148 Å². The van der Waals surface area contributed by atoms with Crippen molar-refractivity contribution in [2.75, 3.05) is 13.1 Å². The number of pyridine rings is 1. The summed E-state index contributed by atoms with van der Waals surface area (Å²) < 4.78 is 7.35. The van der Waals surface area contributed by atoms with Crippen LogP contribution in [-0.4, -0.2) is 34.8 Å². The van der Waals surface area contributed by atoms with Crippen molar-refractivity contribution in [1.29, 1.82) is 0 Å². The van der Waals surface area contributed by atoms with Crippen LogP contribution < -0.4 is 4.57 Å². The summed E-state index contributed by atoms with van der Waals surface area (Å²) in [6.45, 7) is 6.59. The molecule has 132 valence electrons. The molecule has 1 amide bonds. The van der Waals surface area contributed by atoms with E-state index < -0.39 is 11.7 Å². The standard InChI is InChI=1S/C20H25N2O3/c1-20(2,3)25-19(24)22-13-16(14-22)18(23)15-9-11-21(12-10-15)17-7-5-4-6-8-17/h4-12,16,18,23H,13-14H2,1-3H3/q+1. The zero-order valence-electron chi connectivity index (χ0n) is 14.9. The number of carbonyl (C=O) groups excluding carboxylic acids is 1. The summed E-state index contributed by atoms with van der Waals surface area (Å²) in [4.78, 5) is 13.6. The number of carbonyl (C=O) groups is 1. The van der Waals surface area contributed by atoms with Crippen LogP contribution in [0.3, 0.4) is 0 Å². The highest BCUT2D eigenvalue weighted by Crippen LogP contribution is 2.30. The lowest BCUT2D eigenvalue weighted by molar-refractivity contribution is -0.595. The number of nitrogens with zero attached hydrogens (tertiary/aromatic N) is 2. The van der Waals surface area contributed by atoms with Gasteiger partial charge in [0, 0.05) is 43.3 Å². The molecule has 0 radical (unpaired) electrons. The summed E-state index contributed by atoms with van der Waals surface area (Å²) in [6.07, 6.45) is 2.99. The highest BCUT2D eigenvalue weighted by molar-refractivity contribution is 5.69. The Morgan fingerprint density at radius 1 is 1.16 bits per heavy atom. The molecule has 1 atom stereocenters. The highest BCUT2D eigenvalue weighted by Gasteiger charge is 2.38. The fourth-order valence-electron chi connectivity index (χ4n) is 2.87. The molecular formula is C20H25N2O3+. The fourth-order valence-corrected chi connectivity index (χ4v) is 2.87. The Hall–Kier alpha value is -2.40. The third-order valence-corrected chi connectivity index (χ3v) is 4.26. The van der Waals surface area contributed by atoms with E-state index in [1.54, 1.807) is 4.90 Å². The van der Waals surface area contributed by atoms with Crippen molar-refractivity contribution in [3.63, 3.8) is 0 Å². The van der Waals surface area contributed by atoms with Gasteiger partial charge in [0.25, 0.3) is 0 Å². The summed E-state index contributed by atoms with van der Waals surface area (Å²) in [7, 11) is 0. The molecule has 1 N–H and O–H groups in total. The topological polar surface area (TPSA) is 53.6 Å². The van der Waals surface area contributed by atoms with E-state index in [9.17, 15) is 9.90 Å². The number of ether oxygens (including phenoxy) is 1. The minimum absolute atomic E-state index is 0.0418. The van der Waals surface area contributed by atoms with E-state index in [1.165, 1.54) is 0 Å². The Morgan fingerprint density at radius 3 is 2.32 bits per heavy atom. The second-order valence-electron chi connectivity index (χ2n) is 7.46. The maximum absolute atomic E-state index is 12.0. The molecule has 3 rings (SSSR count). The molecule has 0 spiro atoms. The zero-order chi connectivity index (χ0) is 18.0. The van der Waals surface area contributed by atoms with Gasteiger partial charge >= 0.3 is 6.09 Å². The van der Waals surface area contributed by atoms with Gasteiger partial charge in [0.2, 0.25) is 5.69 Å². The van der Waals surface area contributed by atoms with Gasteiger partial charge in [-0.3, -0.25) is 0 Å². The molecule has 1 saturated heterocycles. The van der Waals surface area contributed by atoms with E-state index in [1.807, 2.05) is 80.2 Å². The van der Waals surface area contributed by atoms with Crippen molar-refractivity contribution >= 4 is 6.09 Å². The molecule has 2 aromatic rings. The molecule has 1 aromatic carbocycles. The van der Waals surface area contributed by atoms with Crippen LogP contribution in [-0.2, 0) is 4.74 Å². The van der Waals surface area contributed by atoms with Crippen molar-refractivity contribution in [2.45, 2.75) is 32.5 Å². The number of hydrogen-bond acceptors (Lipinski definition) is 3. The second-order valence-corrected chi connectivity index (χ2v) is 7.46. The normalized spacial score (nSPS) is 16.2. The lowest BCUT2D eigenvalue weighted by Gasteiger charge is -2.41. The van der Waals surface area contributed by atoms with Crippen LogP contribution in [0, 0.1) is 5.92 Å². The molecule has 0 aliphatic carbocycles. The minimum Gasteiger partial charge on any atom is -0.444 e. The Balaban J connectivity index is 1.58. The third-order valence-electron chi connectivity index (χ3n) is 4.26. The first-order chi connectivity index (χ1) is 11.8. The number of hydrogen-bond donors (Lipinski definition) is 1. The van der Waals surface area contributed by atoms with E-state index >= 15 is 0 Å². The quantitative estimate of drug-likeness (QED) is 0.874. The molecular weight excluding hydrogens is 316 g/mol. The molecule has 1 aromatic heterocycles.